The number of hydrogen-bond donors (Lipinski definition) is 0. The fourth-order valence-electron chi connectivity index (χ4n) is 5.81. The summed E-state index contributed by atoms with van der Waals surface area (Å²) in [6.07, 6.45) is 17.2. The standard InChI is InChI=1S/C30H57N/c1-9-14-20-31(21-15-10-2)22-19-27-28(24(6)16-11-3)23-29(25(7)17-12-4)30(27)26(8)18-13-5/h23-26,30H,9-22H2,1-8H3. The molecule has 182 valence electrons. The van der Waals surface area contributed by atoms with E-state index in [1.807, 2.05) is 5.57 Å². The molecule has 31 heavy (non-hydrogen) atoms. The SMILES string of the molecule is CCCCN(CCCC)CCC1=C(C(C)CCC)C=C(C(C)CCC)C1C(C)CCC. The maximum Gasteiger partial charge on any atom is 0.00449 e. The molecule has 1 aliphatic rings. The van der Waals surface area contributed by atoms with Gasteiger partial charge in [-0.3, -0.25) is 0 Å². The van der Waals surface area contributed by atoms with E-state index in [9.17, 15) is 0 Å². The molecule has 0 N–H and O–H groups in total. The molecule has 0 heterocycles. The molecule has 0 aromatic carbocycles. The van der Waals surface area contributed by atoms with Gasteiger partial charge in [0.15, 0.2) is 0 Å². The van der Waals surface area contributed by atoms with Crippen molar-refractivity contribution in [3.8, 4) is 0 Å². The van der Waals surface area contributed by atoms with E-state index in [1.165, 1.54) is 90.3 Å². The van der Waals surface area contributed by atoms with E-state index in [4.69, 9.17) is 0 Å². The topological polar surface area (TPSA) is 3.24 Å². The molecule has 0 amide bonds. The van der Waals surface area contributed by atoms with Crippen LogP contribution in [0.5, 0.6) is 0 Å². The van der Waals surface area contributed by atoms with Gasteiger partial charge in [0.25, 0.3) is 0 Å². The van der Waals surface area contributed by atoms with Gasteiger partial charge in [0.1, 0.15) is 0 Å². The zero-order valence-corrected chi connectivity index (χ0v) is 22.7. The van der Waals surface area contributed by atoms with Crippen molar-refractivity contribution >= 4 is 0 Å². The van der Waals surface area contributed by atoms with Gasteiger partial charge in [-0.25, -0.2) is 0 Å². The van der Waals surface area contributed by atoms with Crippen molar-refractivity contribution in [1.29, 1.82) is 0 Å². The van der Waals surface area contributed by atoms with E-state index in [-0.39, 0.29) is 0 Å². The van der Waals surface area contributed by atoms with Crippen LogP contribution < -0.4 is 0 Å². The van der Waals surface area contributed by atoms with Crippen molar-refractivity contribution < 1.29 is 0 Å². The van der Waals surface area contributed by atoms with E-state index >= 15 is 0 Å². The molecule has 1 aliphatic carbocycles. The Morgan fingerprint density at radius 2 is 1.26 bits per heavy atom. The van der Waals surface area contributed by atoms with Crippen LogP contribution in [-0.4, -0.2) is 24.5 Å². The Bertz CT molecular complexity index is 521. The normalized spacial score (nSPS) is 19.8. The maximum absolute atomic E-state index is 2.77. The predicted octanol–water partition coefficient (Wildman–Crippen LogP) is 9.44. The molecule has 0 aromatic rings. The Kier molecular flexibility index (Phi) is 14.8. The van der Waals surface area contributed by atoms with Gasteiger partial charge in [0.05, 0.1) is 0 Å². The van der Waals surface area contributed by atoms with Crippen LogP contribution in [0.4, 0.5) is 0 Å². The van der Waals surface area contributed by atoms with Crippen LogP contribution in [0.15, 0.2) is 22.8 Å². The van der Waals surface area contributed by atoms with E-state index in [0.717, 1.165) is 11.8 Å². The van der Waals surface area contributed by atoms with Crippen molar-refractivity contribution in [1.82, 2.24) is 4.90 Å². The lowest BCUT2D eigenvalue weighted by Crippen LogP contribution is -2.29. The van der Waals surface area contributed by atoms with Gasteiger partial charge >= 0.3 is 0 Å². The number of nitrogens with zero attached hydrogens (tertiary/aromatic N) is 1. The van der Waals surface area contributed by atoms with Gasteiger partial charge in [-0.05, 0) is 68.5 Å². The Morgan fingerprint density at radius 3 is 1.77 bits per heavy atom. The number of rotatable bonds is 18. The fraction of sp³-hybridized carbons (Fsp3) is 0.867. The third-order valence-corrected chi connectivity index (χ3v) is 7.64. The number of unbranched alkanes of at least 4 members (excludes halogenated alkanes) is 2. The highest BCUT2D eigenvalue weighted by Crippen LogP contribution is 2.47. The van der Waals surface area contributed by atoms with Gasteiger partial charge in [-0.1, -0.05) is 111 Å². The van der Waals surface area contributed by atoms with Gasteiger partial charge in [0, 0.05) is 12.5 Å². The molecule has 4 unspecified atom stereocenters. The lowest BCUT2D eigenvalue weighted by molar-refractivity contribution is 0.262. The van der Waals surface area contributed by atoms with Gasteiger partial charge in [-0.2, -0.15) is 0 Å². The summed E-state index contributed by atoms with van der Waals surface area (Å²) in [5, 5.41) is 0. The average Bonchev–Trinajstić information content (AvgIpc) is 3.13. The van der Waals surface area contributed by atoms with Crippen LogP contribution in [-0.2, 0) is 0 Å². The largest absolute Gasteiger partial charge is 0.303 e. The summed E-state index contributed by atoms with van der Waals surface area (Å²) < 4.78 is 0. The molecular formula is C30H57N. The number of hydrogen-bond acceptors (Lipinski definition) is 1. The summed E-state index contributed by atoms with van der Waals surface area (Å²) >= 11 is 0. The highest BCUT2D eigenvalue weighted by molar-refractivity contribution is 5.45. The predicted molar refractivity (Wildman–Crippen MR) is 142 cm³/mol. The highest BCUT2D eigenvalue weighted by atomic mass is 15.1. The summed E-state index contributed by atoms with van der Waals surface area (Å²) in [5.74, 6) is 2.92. The van der Waals surface area contributed by atoms with Crippen molar-refractivity contribution in [3.05, 3.63) is 22.8 Å². The van der Waals surface area contributed by atoms with E-state index in [0.29, 0.717) is 11.8 Å². The maximum atomic E-state index is 2.77. The van der Waals surface area contributed by atoms with E-state index < -0.39 is 0 Å². The van der Waals surface area contributed by atoms with Crippen LogP contribution in [0.25, 0.3) is 0 Å². The van der Waals surface area contributed by atoms with Crippen LogP contribution in [0.2, 0.25) is 0 Å². The zero-order chi connectivity index (χ0) is 23.2. The first-order valence-corrected chi connectivity index (χ1v) is 14.1. The van der Waals surface area contributed by atoms with Crippen LogP contribution in [0, 0.1) is 23.7 Å². The molecule has 1 nitrogen and oxygen atoms in total. The first-order chi connectivity index (χ1) is 14.9. The Hall–Kier alpha value is -0.560. The highest BCUT2D eigenvalue weighted by Gasteiger charge is 2.34. The quantitative estimate of drug-likeness (QED) is 0.209. The van der Waals surface area contributed by atoms with Crippen LogP contribution in [0.3, 0.4) is 0 Å². The minimum atomic E-state index is 0.704. The van der Waals surface area contributed by atoms with Crippen LogP contribution >= 0.6 is 0 Å². The lowest BCUT2D eigenvalue weighted by Gasteiger charge is -2.31. The van der Waals surface area contributed by atoms with Crippen molar-refractivity contribution in [2.45, 2.75) is 126 Å². The first kappa shape index (κ1) is 28.5. The molecule has 1 rings (SSSR count). The zero-order valence-electron chi connectivity index (χ0n) is 22.7. The fourth-order valence-corrected chi connectivity index (χ4v) is 5.81. The molecule has 0 saturated carbocycles. The number of allylic oxidation sites excluding steroid dienone is 3. The Morgan fingerprint density at radius 1 is 0.710 bits per heavy atom. The third kappa shape index (κ3) is 9.07. The molecule has 0 radical (unpaired) electrons. The third-order valence-electron chi connectivity index (χ3n) is 7.64. The van der Waals surface area contributed by atoms with Crippen molar-refractivity contribution in [2.75, 3.05) is 19.6 Å². The lowest BCUT2D eigenvalue weighted by atomic mass is 9.75. The molecular weight excluding hydrogens is 374 g/mol. The summed E-state index contributed by atoms with van der Waals surface area (Å²) in [6, 6.07) is 0. The van der Waals surface area contributed by atoms with Gasteiger partial charge in [-0.15, -0.1) is 0 Å². The molecule has 0 aliphatic heterocycles. The second-order valence-corrected chi connectivity index (χ2v) is 10.5. The van der Waals surface area contributed by atoms with Crippen LogP contribution in [0.1, 0.15) is 126 Å². The summed E-state index contributed by atoms with van der Waals surface area (Å²) in [6.45, 7) is 23.1. The molecule has 0 aromatic heterocycles. The van der Waals surface area contributed by atoms with Crippen molar-refractivity contribution in [3.63, 3.8) is 0 Å². The summed E-state index contributed by atoms with van der Waals surface area (Å²) in [4.78, 5) is 2.77. The Balaban J connectivity index is 3.19. The van der Waals surface area contributed by atoms with Gasteiger partial charge in [0.2, 0.25) is 0 Å². The smallest absolute Gasteiger partial charge is 0.00449 e. The minimum Gasteiger partial charge on any atom is -0.303 e. The molecule has 0 fully saturated rings. The van der Waals surface area contributed by atoms with E-state index in [2.05, 4.69) is 66.4 Å². The molecule has 0 spiro atoms. The molecule has 0 saturated heterocycles. The van der Waals surface area contributed by atoms with Crippen molar-refractivity contribution in [2.24, 2.45) is 23.7 Å². The second kappa shape index (κ2) is 16.1. The molecule has 1 heteroatoms. The van der Waals surface area contributed by atoms with E-state index in [1.54, 1.807) is 11.1 Å². The minimum absolute atomic E-state index is 0.704. The molecule has 0 bridgehead atoms. The van der Waals surface area contributed by atoms with Gasteiger partial charge < -0.3 is 4.90 Å². The molecule has 4 atom stereocenters. The second-order valence-electron chi connectivity index (χ2n) is 10.5. The summed E-state index contributed by atoms with van der Waals surface area (Å²) in [5.41, 5.74) is 5.35. The average molecular weight is 432 g/mol. The monoisotopic (exact) mass is 431 g/mol. The first-order valence-electron chi connectivity index (χ1n) is 14.1. The Labute approximate surface area is 197 Å². The summed E-state index contributed by atoms with van der Waals surface area (Å²) in [7, 11) is 0.